The molecule has 3 rings (SSSR count). The van der Waals surface area contributed by atoms with Gasteiger partial charge in [-0.2, -0.15) is 4.98 Å². The lowest BCUT2D eigenvalue weighted by Gasteiger charge is -2.32. The summed E-state index contributed by atoms with van der Waals surface area (Å²) in [6.07, 6.45) is 3.30. The van der Waals surface area contributed by atoms with E-state index in [9.17, 15) is 4.79 Å². The van der Waals surface area contributed by atoms with Gasteiger partial charge in [0.1, 0.15) is 6.10 Å². The first-order chi connectivity index (χ1) is 13.6. The SMILES string of the molecule is CCN(CC)c1ccc(C(=O)N2CCCC(Oc3ccnc(OC)n3)C2)cc1. The lowest BCUT2D eigenvalue weighted by molar-refractivity contribution is 0.0525. The highest BCUT2D eigenvalue weighted by atomic mass is 16.5. The molecule has 1 aromatic heterocycles. The quantitative estimate of drug-likeness (QED) is 0.731. The molecule has 1 aliphatic rings. The van der Waals surface area contributed by atoms with E-state index in [1.807, 2.05) is 29.2 Å². The van der Waals surface area contributed by atoms with Crippen molar-refractivity contribution in [3.63, 3.8) is 0 Å². The predicted molar refractivity (Wildman–Crippen MR) is 108 cm³/mol. The molecule has 7 heteroatoms. The van der Waals surface area contributed by atoms with Gasteiger partial charge < -0.3 is 19.3 Å². The smallest absolute Gasteiger partial charge is 0.319 e. The third-order valence-electron chi connectivity index (χ3n) is 4.99. The van der Waals surface area contributed by atoms with Crippen LogP contribution in [-0.2, 0) is 0 Å². The number of benzene rings is 1. The Morgan fingerprint density at radius 2 is 1.96 bits per heavy atom. The Morgan fingerprint density at radius 3 is 2.64 bits per heavy atom. The fourth-order valence-corrected chi connectivity index (χ4v) is 3.46. The molecule has 28 heavy (non-hydrogen) atoms. The van der Waals surface area contributed by atoms with E-state index in [2.05, 4.69) is 28.7 Å². The van der Waals surface area contributed by atoms with E-state index < -0.39 is 0 Å². The van der Waals surface area contributed by atoms with E-state index in [0.717, 1.165) is 38.2 Å². The van der Waals surface area contributed by atoms with Crippen molar-refractivity contribution in [2.24, 2.45) is 0 Å². The highest BCUT2D eigenvalue weighted by molar-refractivity contribution is 5.94. The van der Waals surface area contributed by atoms with Gasteiger partial charge in [-0.25, -0.2) is 4.98 Å². The summed E-state index contributed by atoms with van der Waals surface area (Å²) in [7, 11) is 1.52. The molecule has 1 aromatic carbocycles. The summed E-state index contributed by atoms with van der Waals surface area (Å²) in [5.74, 6) is 0.509. The van der Waals surface area contributed by atoms with Gasteiger partial charge in [0.15, 0.2) is 0 Å². The number of amides is 1. The van der Waals surface area contributed by atoms with Gasteiger partial charge in [-0.3, -0.25) is 4.79 Å². The summed E-state index contributed by atoms with van der Waals surface area (Å²) < 4.78 is 11.0. The first kappa shape index (κ1) is 19.9. The molecule has 0 aliphatic carbocycles. The van der Waals surface area contributed by atoms with Crippen LogP contribution < -0.4 is 14.4 Å². The van der Waals surface area contributed by atoms with Gasteiger partial charge >= 0.3 is 6.01 Å². The van der Waals surface area contributed by atoms with Gasteiger partial charge in [0.05, 0.1) is 13.7 Å². The van der Waals surface area contributed by atoms with Crippen molar-refractivity contribution in [3.05, 3.63) is 42.1 Å². The molecule has 1 unspecified atom stereocenters. The second-order valence-corrected chi connectivity index (χ2v) is 6.73. The predicted octanol–water partition coefficient (Wildman–Crippen LogP) is 3.02. The van der Waals surface area contributed by atoms with Crippen molar-refractivity contribution in [1.82, 2.24) is 14.9 Å². The second-order valence-electron chi connectivity index (χ2n) is 6.73. The Kier molecular flexibility index (Phi) is 6.68. The second kappa shape index (κ2) is 9.39. The first-order valence-electron chi connectivity index (χ1n) is 9.82. The molecule has 7 nitrogen and oxygen atoms in total. The number of likely N-dealkylation sites (tertiary alicyclic amines) is 1. The molecular formula is C21H28N4O3. The Balaban J connectivity index is 1.63. The van der Waals surface area contributed by atoms with Gasteiger partial charge in [0.25, 0.3) is 5.91 Å². The number of carbonyl (C=O) groups is 1. The van der Waals surface area contributed by atoms with Crippen LogP contribution in [0.3, 0.4) is 0 Å². The molecule has 2 aromatic rings. The number of methoxy groups -OCH3 is 1. The van der Waals surface area contributed by atoms with Crippen LogP contribution in [0.2, 0.25) is 0 Å². The van der Waals surface area contributed by atoms with E-state index in [-0.39, 0.29) is 18.0 Å². The highest BCUT2D eigenvalue weighted by Crippen LogP contribution is 2.21. The molecule has 0 spiro atoms. The average Bonchev–Trinajstić information content (AvgIpc) is 2.75. The fraction of sp³-hybridized carbons (Fsp3) is 0.476. The molecule has 1 fully saturated rings. The van der Waals surface area contributed by atoms with Gasteiger partial charge in [0, 0.05) is 43.1 Å². The summed E-state index contributed by atoms with van der Waals surface area (Å²) in [6, 6.07) is 9.84. The lowest BCUT2D eigenvalue weighted by Crippen LogP contribution is -2.44. The molecular weight excluding hydrogens is 356 g/mol. The summed E-state index contributed by atoms with van der Waals surface area (Å²) in [6.45, 7) is 7.44. The van der Waals surface area contributed by atoms with Gasteiger partial charge in [-0.05, 0) is 51.0 Å². The zero-order valence-corrected chi connectivity index (χ0v) is 16.8. The molecule has 1 saturated heterocycles. The summed E-state index contributed by atoms with van der Waals surface area (Å²) in [4.78, 5) is 25.2. The number of nitrogens with zero attached hydrogens (tertiary/aromatic N) is 4. The van der Waals surface area contributed by atoms with E-state index >= 15 is 0 Å². The number of rotatable bonds is 7. The Morgan fingerprint density at radius 1 is 1.21 bits per heavy atom. The summed E-state index contributed by atoms with van der Waals surface area (Å²) >= 11 is 0. The first-order valence-corrected chi connectivity index (χ1v) is 9.82. The number of aromatic nitrogens is 2. The van der Waals surface area contributed by atoms with Gasteiger partial charge in [0.2, 0.25) is 5.88 Å². The number of hydrogen-bond acceptors (Lipinski definition) is 6. The Bertz CT molecular complexity index is 777. The third kappa shape index (κ3) is 4.71. The molecule has 0 N–H and O–H groups in total. The van der Waals surface area contributed by atoms with E-state index in [1.165, 1.54) is 7.11 Å². The van der Waals surface area contributed by atoms with Crippen LogP contribution >= 0.6 is 0 Å². The third-order valence-corrected chi connectivity index (χ3v) is 4.99. The molecule has 150 valence electrons. The van der Waals surface area contributed by atoms with Crippen LogP contribution in [0, 0.1) is 0 Å². The van der Waals surface area contributed by atoms with Crippen molar-refractivity contribution in [1.29, 1.82) is 0 Å². The Labute approximate surface area is 166 Å². The van der Waals surface area contributed by atoms with Crippen molar-refractivity contribution in [2.45, 2.75) is 32.8 Å². The zero-order chi connectivity index (χ0) is 19.9. The van der Waals surface area contributed by atoms with Crippen LogP contribution in [0.25, 0.3) is 0 Å². The number of anilines is 1. The largest absolute Gasteiger partial charge is 0.472 e. The monoisotopic (exact) mass is 384 g/mol. The van der Waals surface area contributed by atoms with Crippen LogP contribution in [0.5, 0.6) is 11.9 Å². The molecule has 1 aliphatic heterocycles. The lowest BCUT2D eigenvalue weighted by atomic mass is 10.1. The topological polar surface area (TPSA) is 67.8 Å². The molecule has 0 bridgehead atoms. The number of ether oxygens (including phenoxy) is 2. The maximum absolute atomic E-state index is 12.9. The molecule has 0 radical (unpaired) electrons. The van der Waals surface area contributed by atoms with Crippen molar-refractivity contribution < 1.29 is 14.3 Å². The minimum Gasteiger partial charge on any atom is -0.472 e. The van der Waals surface area contributed by atoms with Crippen LogP contribution in [0.1, 0.15) is 37.0 Å². The highest BCUT2D eigenvalue weighted by Gasteiger charge is 2.26. The standard InChI is InChI=1S/C21H28N4O3/c1-4-24(5-2)17-10-8-16(9-11-17)20(26)25-14-6-7-18(15-25)28-19-12-13-22-21(23-19)27-3/h8-13,18H,4-7,14-15H2,1-3H3. The van der Waals surface area contributed by atoms with Crippen LogP contribution in [-0.4, -0.2) is 60.2 Å². The molecule has 0 saturated carbocycles. The summed E-state index contributed by atoms with van der Waals surface area (Å²) in [5.41, 5.74) is 1.85. The Hall–Kier alpha value is -2.83. The van der Waals surface area contributed by atoms with Crippen molar-refractivity contribution in [2.75, 3.05) is 38.2 Å². The van der Waals surface area contributed by atoms with Crippen molar-refractivity contribution >= 4 is 11.6 Å². The zero-order valence-electron chi connectivity index (χ0n) is 16.8. The van der Waals surface area contributed by atoms with Gasteiger partial charge in [-0.1, -0.05) is 0 Å². The molecule has 1 amide bonds. The normalized spacial score (nSPS) is 16.5. The van der Waals surface area contributed by atoms with E-state index in [4.69, 9.17) is 9.47 Å². The minimum absolute atomic E-state index is 0.0414. The number of piperidine rings is 1. The maximum Gasteiger partial charge on any atom is 0.319 e. The van der Waals surface area contributed by atoms with E-state index in [0.29, 0.717) is 18.0 Å². The van der Waals surface area contributed by atoms with Crippen LogP contribution in [0.4, 0.5) is 5.69 Å². The number of hydrogen-bond donors (Lipinski definition) is 0. The maximum atomic E-state index is 12.9. The average molecular weight is 384 g/mol. The van der Waals surface area contributed by atoms with Crippen LogP contribution in [0.15, 0.2) is 36.5 Å². The fourth-order valence-electron chi connectivity index (χ4n) is 3.46. The van der Waals surface area contributed by atoms with Crippen molar-refractivity contribution in [3.8, 4) is 11.9 Å². The van der Waals surface area contributed by atoms with Gasteiger partial charge in [-0.15, -0.1) is 0 Å². The van der Waals surface area contributed by atoms with E-state index in [1.54, 1.807) is 12.3 Å². The molecule has 2 heterocycles. The minimum atomic E-state index is -0.0905. The molecule has 1 atom stereocenters. The number of carbonyl (C=O) groups excluding carboxylic acids is 1. The summed E-state index contributed by atoms with van der Waals surface area (Å²) in [5, 5.41) is 0.